The van der Waals surface area contributed by atoms with Gasteiger partial charge in [-0.2, -0.15) is 0 Å². The van der Waals surface area contributed by atoms with Crippen molar-refractivity contribution in [3.8, 4) is 16.3 Å². The number of benzene rings is 1. The predicted octanol–water partition coefficient (Wildman–Crippen LogP) is 2.77. The van der Waals surface area contributed by atoms with Gasteiger partial charge in [0.15, 0.2) is 10.5 Å². The molecule has 0 aliphatic heterocycles. The topological polar surface area (TPSA) is 58.9 Å². The maximum atomic E-state index is 9.90. The number of hydrogen-bond acceptors (Lipinski definition) is 5. The zero-order valence-electron chi connectivity index (χ0n) is 9.08. The van der Waals surface area contributed by atoms with Crippen LogP contribution in [-0.4, -0.2) is 20.1 Å². The van der Waals surface area contributed by atoms with Gasteiger partial charge in [-0.3, -0.25) is 0 Å². The quantitative estimate of drug-likeness (QED) is 0.714. The van der Waals surface area contributed by atoms with Gasteiger partial charge in [-0.1, -0.05) is 17.4 Å². The fourth-order valence-corrected chi connectivity index (χ4v) is 2.52. The zero-order chi connectivity index (χ0) is 11.8. The van der Waals surface area contributed by atoms with Crippen LogP contribution in [0.15, 0.2) is 30.6 Å². The minimum Gasteiger partial charge on any atom is -0.507 e. The summed E-state index contributed by atoms with van der Waals surface area (Å²) in [7, 11) is 0. The van der Waals surface area contributed by atoms with Crippen molar-refractivity contribution in [2.45, 2.75) is 6.92 Å². The highest BCUT2D eigenvalue weighted by molar-refractivity contribution is 7.21. The van der Waals surface area contributed by atoms with Gasteiger partial charge in [-0.05, 0) is 24.6 Å². The van der Waals surface area contributed by atoms with Gasteiger partial charge in [0.1, 0.15) is 10.8 Å². The van der Waals surface area contributed by atoms with Crippen molar-refractivity contribution in [3.63, 3.8) is 0 Å². The molecule has 17 heavy (non-hydrogen) atoms. The number of aryl methyl sites for hydroxylation is 1. The first kappa shape index (κ1) is 10.2. The molecule has 1 aromatic carbocycles. The molecule has 2 aromatic heterocycles. The standard InChI is InChI=1S/C12H9N3OS/c1-7-2-3-8(9(16)6-7)11-15-10-12(17-11)14-5-4-13-10/h2-6,16H,1H3. The third-order valence-corrected chi connectivity index (χ3v) is 3.42. The second-order valence-electron chi connectivity index (χ2n) is 3.72. The summed E-state index contributed by atoms with van der Waals surface area (Å²) < 4.78 is 0. The van der Waals surface area contributed by atoms with Gasteiger partial charge in [-0.25, -0.2) is 15.0 Å². The highest BCUT2D eigenvalue weighted by Crippen LogP contribution is 2.34. The number of phenolic OH excluding ortho intramolecular Hbond substituents is 1. The van der Waals surface area contributed by atoms with Gasteiger partial charge in [0.25, 0.3) is 0 Å². The number of thiazole rings is 1. The Morgan fingerprint density at radius 2 is 2.00 bits per heavy atom. The van der Waals surface area contributed by atoms with E-state index < -0.39 is 0 Å². The summed E-state index contributed by atoms with van der Waals surface area (Å²) in [5, 5.41) is 10.6. The van der Waals surface area contributed by atoms with Gasteiger partial charge >= 0.3 is 0 Å². The van der Waals surface area contributed by atoms with Crippen molar-refractivity contribution in [1.82, 2.24) is 15.0 Å². The van der Waals surface area contributed by atoms with Crippen LogP contribution in [0.1, 0.15) is 5.56 Å². The number of hydrogen-bond donors (Lipinski definition) is 1. The lowest BCUT2D eigenvalue weighted by Gasteiger charge is -2.00. The summed E-state index contributed by atoms with van der Waals surface area (Å²) in [4.78, 5) is 13.5. The number of rotatable bonds is 1. The maximum absolute atomic E-state index is 9.90. The average molecular weight is 243 g/mol. The average Bonchev–Trinajstić information content (AvgIpc) is 2.72. The number of fused-ring (bicyclic) bond motifs is 1. The van der Waals surface area contributed by atoms with E-state index in [4.69, 9.17) is 0 Å². The first-order valence-corrected chi connectivity index (χ1v) is 5.93. The van der Waals surface area contributed by atoms with E-state index in [2.05, 4.69) is 15.0 Å². The van der Waals surface area contributed by atoms with E-state index in [1.54, 1.807) is 18.5 Å². The van der Waals surface area contributed by atoms with Crippen molar-refractivity contribution in [1.29, 1.82) is 0 Å². The molecule has 0 aliphatic rings. The molecule has 2 heterocycles. The first-order chi connectivity index (χ1) is 8.24. The predicted molar refractivity (Wildman–Crippen MR) is 67.0 cm³/mol. The monoisotopic (exact) mass is 243 g/mol. The molecule has 3 aromatic rings. The normalized spacial score (nSPS) is 10.9. The molecule has 3 rings (SSSR count). The van der Waals surface area contributed by atoms with Crippen molar-refractivity contribution in [2.75, 3.05) is 0 Å². The summed E-state index contributed by atoms with van der Waals surface area (Å²) in [6, 6.07) is 5.53. The van der Waals surface area contributed by atoms with Crippen LogP contribution in [0.25, 0.3) is 21.0 Å². The summed E-state index contributed by atoms with van der Waals surface area (Å²) in [5.41, 5.74) is 2.36. The van der Waals surface area contributed by atoms with Crippen molar-refractivity contribution in [2.24, 2.45) is 0 Å². The SMILES string of the molecule is Cc1ccc(-c2nc3nccnc3s2)c(O)c1. The molecule has 0 fully saturated rings. The summed E-state index contributed by atoms with van der Waals surface area (Å²) in [6.07, 6.45) is 3.25. The fourth-order valence-electron chi connectivity index (χ4n) is 1.61. The molecule has 4 nitrogen and oxygen atoms in total. The molecule has 0 atom stereocenters. The van der Waals surface area contributed by atoms with E-state index in [0.717, 1.165) is 21.0 Å². The molecule has 0 spiro atoms. The number of nitrogens with zero attached hydrogens (tertiary/aromatic N) is 3. The smallest absolute Gasteiger partial charge is 0.190 e. The third-order valence-electron chi connectivity index (χ3n) is 2.43. The minimum absolute atomic E-state index is 0.240. The lowest BCUT2D eigenvalue weighted by molar-refractivity contribution is 0.477. The number of phenols is 1. The first-order valence-electron chi connectivity index (χ1n) is 5.11. The van der Waals surface area contributed by atoms with E-state index in [1.165, 1.54) is 11.3 Å². The molecule has 0 saturated carbocycles. The molecule has 1 N–H and O–H groups in total. The van der Waals surface area contributed by atoms with Gasteiger partial charge < -0.3 is 5.11 Å². The van der Waals surface area contributed by atoms with Crippen LogP contribution >= 0.6 is 11.3 Å². The van der Waals surface area contributed by atoms with Crippen LogP contribution in [0.5, 0.6) is 5.75 Å². The second-order valence-corrected chi connectivity index (χ2v) is 4.70. The number of aromatic hydroxyl groups is 1. The van der Waals surface area contributed by atoms with E-state index in [9.17, 15) is 5.11 Å². The Hall–Kier alpha value is -2.01. The fraction of sp³-hybridized carbons (Fsp3) is 0.0833. The van der Waals surface area contributed by atoms with E-state index in [0.29, 0.717) is 5.65 Å². The Morgan fingerprint density at radius 1 is 1.18 bits per heavy atom. The van der Waals surface area contributed by atoms with Gasteiger partial charge in [0, 0.05) is 12.4 Å². The summed E-state index contributed by atoms with van der Waals surface area (Å²) in [5.74, 6) is 0.240. The highest BCUT2D eigenvalue weighted by atomic mass is 32.1. The number of aromatic nitrogens is 3. The van der Waals surface area contributed by atoms with E-state index >= 15 is 0 Å². The van der Waals surface area contributed by atoms with Gasteiger partial charge in [0.05, 0.1) is 5.56 Å². The van der Waals surface area contributed by atoms with Crippen LogP contribution in [0.3, 0.4) is 0 Å². The second kappa shape index (κ2) is 3.78. The van der Waals surface area contributed by atoms with E-state index in [-0.39, 0.29) is 5.75 Å². The maximum Gasteiger partial charge on any atom is 0.190 e. The Bertz CT molecular complexity index is 660. The molecular weight excluding hydrogens is 234 g/mol. The Labute approximate surface area is 102 Å². The molecule has 0 radical (unpaired) electrons. The van der Waals surface area contributed by atoms with Crippen LogP contribution in [-0.2, 0) is 0 Å². The lowest BCUT2D eigenvalue weighted by Crippen LogP contribution is -1.80. The molecule has 0 bridgehead atoms. The minimum atomic E-state index is 0.240. The zero-order valence-corrected chi connectivity index (χ0v) is 9.90. The van der Waals surface area contributed by atoms with Crippen LogP contribution in [0.4, 0.5) is 0 Å². The molecule has 0 aliphatic carbocycles. The third kappa shape index (κ3) is 1.74. The van der Waals surface area contributed by atoms with Crippen molar-refractivity contribution in [3.05, 3.63) is 36.2 Å². The van der Waals surface area contributed by atoms with Crippen molar-refractivity contribution >= 4 is 21.8 Å². The summed E-state index contributed by atoms with van der Waals surface area (Å²) >= 11 is 1.43. The largest absolute Gasteiger partial charge is 0.507 e. The van der Waals surface area contributed by atoms with E-state index in [1.807, 2.05) is 19.1 Å². The molecule has 5 heteroatoms. The molecule has 84 valence electrons. The van der Waals surface area contributed by atoms with Gasteiger partial charge in [-0.15, -0.1) is 0 Å². The Morgan fingerprint density at radius 3 is 2.76 bits per heavy atom. The molecular formula is C12H9N3OS. The molecule has 0 saturated heterocycles. The molecule has 0 unspecified atom stereocenters. The molecule has 0 amide bonds. The van der Waals surface area contributed by atoms with Crippen LogP contribution in [0.2, 0.25) is 0 Å². The Balaban J connectivity index is 2.20. The summed E-state index contributed by atoms with van der Waals surface area (Å²) in [6.45, 7) is 1.94. The van der Waals surface area contributed by atoms with Crippen LogP contribution in [0, 0.1) is 6.92 Å². The Kier molecular flexibility index (Phi) is 2.26. The van der Waals surface area contributed by atoms with Crippen LogP contribution < -0.4 is 0 Å². The van der Waals surface area contributed by atoms with Gasteiger partial charge in [0.2, 0.25) is 0 Å². The lowest BCUT2D eigenvalue weighted by atomic mass is 10.1. The highest BCUT2D eigenvalue weighted by Gasteiger charge is 2.11. The van der Waals surface area contributed by atoms with Crippen molar-refractivity contribution < 1.29 is 5.11 Å².